The van der Waals surface area contributed by atoms with Crippen molar-refractivity contribution >= 4 is 5.69 Å². The maximum Gasteiger partial charge on any atom is 0.0924 e. The van der Waals surface area contributed by atoms with Crippen LogP contribution in [0.15, 0.2) is 30.7 Å². The molecule has 0 saturated heterocycles. The number of aromatic nitrogens is 2. The average molecular weight is 199 g/mol. The highest BCUT2D eigenvalue weighted by Crippen LogP contribution is 2.34. The molecule has 2 heterocycles. The summed E-state index contributed by atoms with van der Waals surface area (Å²) in [6, 6.07) is 6.45. The van der Waals surface area contributed by atoms with Gasteiger partial charge >= 0.3 is 0 Å². The van der Waals surface area contributed by atoms with E-state index in [-0.39, 0.29) is 0 Å². The van der Waals surface area contributed by atoms with Crippen LogP contribution in [0.3, 0.4) is 0 Å². The summed E-state index contributed by atoms with van der Waals surface area (Å²) in [5.74, 6) is 0. The first-order valence-corrected chi connectivity index (χ1v) is 5.18. The minimum atomic E-state index is 1.11. The predicted octanol–water partition coefficient (Wildman–Crippen LogP) is 2.07. The molecule has 0 spiro atoms. The molecule has 1 aromatic carbocycles. The number of fused-ring (bicyclic) bond motifs is 1. The van der Waals surface area contributed by atoms with E-state index in [4.69, 9.17) is 0 Å². The van der Waals surface area contributed by atoms with Crippen LogP contribution in [0.4, 0.5) is 5.69 Å². The molecule has 15 heavy (non-hydrogen) atoms. The molecule has 3 heteroatoms. The van der Waals surface area contributed by atoms with Gasteiger partial charge in [0, 0.05) is 24.8 Å². The monoisotopic (exact) mass is 199 g/mol. The van der Waals surface area contributed by atoms with Crippen LogP contribution in [0, 0.1) is 0 Å². The second kappa shape index (κ2) is 3.12. The van der Waals surface area contributed by atoms with Gasteiger partial charge in [0.05, 0.1) is 18.2 Å². The number of benzene rings is 1. The van der Waals surface area contributed by atoms with Gasteiger partial charge < -0.3 is 9.88 Å². The van der Waals surface area contributed by atoms with Gasteiger partial charge in [0.25, 0.3) is 0 Å². The number of H-pyrrole nitrogens is 1. The first-order chi connectivity index (χ1) is 7.36. The quantitative estimate of drug-likeness (QED) is 0.762. The highest BCUT2D eigenvalue weighted by Gasteiger charge is 2.19. The summed E-state index contributed by atoms with van der Waals surface area (Å²) in [5.41, 5.74) is 5.18. The molecular formula is C12H13N3. The fraction of sp³-hybridized carbons (Fsp3) is 0.250. The van der Waals surface area contributed by atoms with Crippen LogP contribution >= 0.6 is 0 Å². The summed E-state index contributed by atoms with van der Waals surface area (Å²) in [6.07, 6.45) is 4.74. The van der Waals surface area contributed by atoms with Gasteiger partial charge in [-0.1, -0.05) is 12.1 Å². The van der Waals surface area contributed by atoms with Crippen molar-refractivity contribution in [1.29, 1.82) is 0 Å². The van der Waals surface area contributed by atoms with E-state index in [1.807, 2.05) is 6.20 Å². The molecule has 1 aromatic heterocycles. The minimum Gasteiger partial charge on any atom is -0.374 e. The molecular weight excluding hydrogens is 186 g/mol. The second-order valence-electron chi connectivity index (χ2n) is 3.94. The third-order valence-electron chi connectivity index (χ3n) is 3.05. The summed E-state index contributed by atoms with van der Waals surface area (Å²) >= 11 is 0. The largest absolute Gasteiger partial charge is 0.374 e. The van der Waals surface area contributed by atoms with E-state index in [0.29, 0.717) is 0 Å². The fourth-order valence-corrected chi connectivity index (χ4v) is 2.25. The number of nitrogens with zero attached hydrogens (tertiary/aromatic N) is 2. The molecule has 0 saturated carbocycles. The van der Waals surface area contributed by atoms with Crippen LogP contribution in [0.5, 0.6) is 0 Å². The van der Waals surface area contributed by atoms with Crippen molar-refractivity contribution in [3.05, 3.63) is 36.3 Å². The Balaban J connectivity index is 2.18. The molecule has 2 aromatic rings. The normalized spacial score (nSPS) is 14.3. The molecule has 1 N–H and O–H groups in total. The van der Waals surface area contributed by atoms with Crippen molar-refractivity contribution in [3.8, 4) is 11.3 Å². The van der Waals surface area contributed by atoms with Crippen molar-refractivity contribution < 1.29 is 0 Å². The third-order valence-corrected chi connectivity index (χ3v) is 3.05. The topological polar surface area (TPSA) is 31.9 Å². The number of anilines is 1. The molecule has 0 amide bonds. The van der Waals surface area contributed by atoms with Crippen LogP contribution in [-0.2, 0) is 6.42 Å². The van der Waals surface area contributed by atoms with E-state index in [1.54, 1.807) is 6.33 Å². The molecule has 0 atom stereocenters. The van der Waals surface area contributed by atoms with Crippen molar-refractivity contribution in [3.63, 3.8) is 0 Å². The summed E-state index contributed by atoms with van der Waals surface area (Å²) in [7, 11) is 2.14. The Kier molecular flexibility index (Phi) is 1.78. The number of hydrogen-bond acceptors (Lipinski definition) is 2. The van der Waals surface area contributed by atoms with E-state index < -0.39 is 0 Å². The highest BCUT2D eigenvalue weighted by molar-refractivity contribution is 5.74. The van der Waals surface area contributed by atoms with Gasteiger partial charge in [-0.3, -0.25) is 0 Å². The maximum absolute atomic E-state index is 4.07. The number of aromatic amines is 1. The molecule has 0 radical (unpaired) electrons. The minimum absolute atomic E-state index is 1.11. The van der Waals surface area contributed by atoms with Crippen LogP contribution in [0.1, 0.15) is 5.56 Å². The van der Waals surface area contributed by atoms with Crippen molar-refractivity contribution in [1.82, 2.24) is 9.97 Å². The molecule has 0 bridgehead atoms. The number of rotatable bonds is 1. The van der Waals surface area contributed by atoms with E-state index in [9.17, 15) is 0 Å². The van der Waals surface area contributed by atoms with Crippen LogP contribution in [-0.4, -0.2) is 23.6 Å². The Bertz CT molecular complexity index is 474. The Morgan fingerprint density at radius 2 is 2.33 bits per heavy atom. The lowest BCUT2D eigenvalue weighted by Gasteiger charge is -2.12. The van der Waals surface area contributed by atoms with Gasteiger partial charge in [0.2, 0.25) is 0 Å². The standard InChI is InChI=1S/C12H13N3/c1-15-6-5-10-9(3-2-4-12(10)15)11-7-13-8-14-11/h2-4,7-8H,5-6H2,1H3,(H,13,14). The number of nitrogens with one attached hydrogen (secondary N) is 1. The van der Waals surface area contributed by atoms with Crippen LogP contribution in [0.25, 0.3) is 11.3 Å². The van der Waals surface area contributed by atoms with Gasteiger partial charge in [-0.15, -0.1) is 0 Å². The van der Waals surface area contributed by atoms with Crippen LogP contribution in [0.2, 0.25) is 0 Å². The first-order valence-electron chi connectivity index (χ1n) is 5.18. The van der Waals surface area contributed by atoms with Gasteiger partial charge in [-0.25, -0.2) is 4.98 Å². The Labute approximate surface area is 88.8 Å². The van der Waals surface area contributed by atoms with Crippen molar-refractivity contribution in [2.45, 2.75) is 6.42 Å². The highest BCUT2D eigenvalue weighted by atomic mass is 15.1. The SMILES string of the molecule is CN1CCc2c(-c3cnc[nH]3)cccc21. The van der Waals surface area contributed by atoms with Crippen molar-refractivity contribution in [2.75, 3.05) is 18.5 Å². The maximum atomic E-state index is 4.07. The lowest BCUT2D eigenvalue weighted by molar-refractivity contribution is 0.956. The van der Waals surface area contributed by atoms with E-state index in [0.717, 1.165) is 18.7 Å². The predicted molar refractivity (Wildman–Crippen MR) is 61.0 cm³/mol. The van der Waals surface area contributed by atoms with Gasteiger partial charge in [-0.2, -0.15) is 0 Å². The molecule has 1 aliphatic heterocycles. The molecule has 0 unspecified atom stereocenters. The second-order valence-corrected chi connectivity index (χ2v) is 3.94. The van der Waals surface area contributed by atoms with E-state index in [1.165, 1.54) is 16.8 Å². The Morgan fingerprint density at radius 3 is 3.13 bits per heavy atom. The zero-order valence-electron chi connectivity index (χ0n) is 8.70. The van der Waals surface area contributed by atoms with E-state index >= 15 is 0 Å². The summed E-state index contributed by atoms with van der Waals surface area (Å²) in [5, 5.41) is 0. The summed E-state index contributed by atoms with van der Waals surface area (Å²) < 4.78 is 0. The molecule has 0 aliphatic carbocycles. The smallest absolute Gasteiger partial charge is 0.0924 e. The fourth-order valence-electron chi connectivity index (χ4n) is 2.25. The first kappa shape index (κ1) is 8.53. The van der Waals surface area contributed by atoms with Gasteiger partial charge in [-0.05, 0) is 18.1 Å². The molecule has 3 rings (SSSR count). The zero-order valence-corrected chi connectivity index (χ0v) is 8.70. The average Bonchev–Trinajstić information content (AvgIpc) is 2.88. The van der Waals surface area contributed by atoms with Crippen molar-refractivity contribution in [2.24, 2.45) is 0 Å². The molecule has 3 nitrogen and oxygen atoms in total. The third kappa shape index (κ3) is 1.23. The molecule has 0 fully saturated rings. The Hall–Kier alpha value is -1.77. The lowest BCUT2D eigenvalue weighted by atomic mass is 10.0. The van der Waals surface area contributed by atoms with E-state index in [2.05, 4.69) is 40.1 Å². The Morgan fingerprint density at radius 1 is 1.40 bits per heavy atom. The van der Waals surface area contributed by atoms with Gasteiger partial charge in [0.15, 0.2) is 0 Å². The number of hydrogen-bond donors (Lipinski definition) is 1. The number of likely N-dealkylation sites (N-methyl/N-ethyl adjacent to an activating group) is 1. The molecule has 76 valence electrons. The summed E-state index contributed by atoms with van der Waals surface area (Å²) in [6.45, 7) is 1.11. The summed E-state index contributed by atoms with van der Waals surface area (Å²) in [4.78, 5) is 9.54. The lowest BCUT2D eigenvalue weighted by Crippen LogP contribution is -2.12. The van der Waals surface area contributed by atoms with Gasteiger partial charge in [0.1, 0.15) is 0 Å². The van der Waals surface area contributed by atoms with Crippen LogP contribution < -0.4 is 4.90 Å². The molecule has 1 aliphatic rings. The number of imidazole rings is 1. The zero-order chi connectivity index (χ0) is 10.3.